The lowest BCUT2D eigenvalue weighted by Crippen LogP contribution is -2.45. The highest BCUT2D eigenvalue weighted by atomic mass is 32.2. The van der Waals surface area contributed by atoms with Gasteiger partial charge in [0, 0.05) is 25.8 Å². The van der Waals surface area contributed by atoms with E-state index in [9.17, 15) is 13.2 Å². The number of carbonyl (C=O) groups excluding carboxylic acids is 1. The quantitative estimate of drug-likeness (QED) is 0.785. The van der Waals surface area contributed by atoms with E-state index in [4.69, 9.17) is 5.73 Å². The van der Waals surface area contributed by atoms with Gasteiger partial charge < -0.3 is 10.6 Å². The van der Waals surface area contributed by atoms with Crippen LogP contribution in [0.3, 0.4) is 0 Å². The number of nitrogens with one attached hydrogen (secondary N) is 1. The normalized spacial score (nSPS) is 17.0. The van der Waals surface area contributed by atoms with E-state index in [0.29, 0.717) is 18.8 Å². The van der Waals surface area contributed by atoms with Crippen LogP contribution in [0.15, 0.2) is 23.2 Å². The van der Waals surface area contributed by atoms with E-state index >= 15 is 0 Å². The second kappa shape index (κ2) is 6.50. The van der Waals surface area contributed by atoms with Gasteiger partial charge in [-0.15, -0.1) is 0 Å². The number of carbonyl (C=O) groups is 1. The van der Waals surface area contributed by atoms with Crippen LogP contribution in [0.25, 0.3) is 0 Å². The summed E-state index contributed by atoms with van der Waals surface area (Å²) in [7, 11) is -3.76. The van der Waals surface area contributed by atoms with Crippen LogP contribution in [0.5, 0.6) is 0 Å². The molecule has 1 aliphatic heterocycles. The standard InChI is InChI=1S/C13H20N4O3S/c1-10(13(18)17-6-2-3-7-17)16-21(19,20)12-5-4-11(8-14)15-9-12/h4-5,9-10,16H,2-3,6-8,14H2,1H3. The first-order valence-electron chi connectivity index (χ1n) is 6.90. The van der Waals surface area contributed by atoms with E-state index in [1.807, 2.05) is 0 Å². The minimum Gasteiger partial charge on any atom is -0.341 e. The molecule has 1 aromatic rings. The van der Waals surface area contributed by atoms with Crippen LogP contribution in [0, 0.1) is 0 Å². The molecule has 0 aromatic carbocycles. The molecule has 1 aromatic heterocycles. The smallest absolute Gasteiger partial charge is 0.242 e. The second-order valence-corrected chi connectivity index (χ2v) is 6.78. The molecule has 0 saturated carbocycles. The molecular formula is C13H20N4O3S. The second-order valence-electron chi connectivity index (χ2n) is 5.06. The minimum atomic E-state index is -3.76. The van der Waals surface area contributed by atoms with Crippen molar-refractivity contribution in [1.82, 2.24) is 14.6 Å². The zero-order valence-electron chi connectivity index (χ0n) is 11.9. The van der Waals surface area contributed by atoms with Gasteiger partial charge in [-0.3, -0.25) is 9.78 Å². The molecule has 7 nitrogen and oxygen atoms in total. The van der Waals surface area contributed by atoms with Crippen LogP contribution in [-0.2, 0) is 21.4 Å². The van der Waals surface area contributed by atoms with Gasteiger partial charge in [-0.05, 0) is 31.9 Å². The fraction of sp³-hybridized carbons (Fsp3) is 0.538. The maximum Gasteiger partial charge on any atom is 0.242 e. The molecule has 2 heterocycles. The highest BCUT2D eigenvalue weighted by molar-refractivity contribution is 7.89. The molecule has 116 valence electrons. The fourth-order valence-corrected chi connectivity index (χ4v) is 3.39. The molecule has 1 atom stereocenters. The molecule has 1 unspecified atom stereocenters. The van der Waals surface area contributed by atoms with Gasteiger partial charge in [0.05, 0.1) is 11.7 Å². The maximum absolute atomic E-state index is 12.2. The number of rotatable bonds is 5. The number of hydrogen-bond acceptors (Lipinski definition) is 5. The number of pyridine rings is 1. The largest absolute Gasteiger partial charge is 0.341 e. The Kier molecular flexibility index (Phi) is 4.92. The van der Waals surface area contributed by atoms with Crippen molar-refractivity contribution in [3.8, 4) is 0 Å². The molecule has 21 heavy (non-hydrogen) atoms. The van der Waals surface area contributed by atoms with Crippen molar-refractivity contribution in [2.75, 3.05) is 13.1 Å². The zero-order valence-corrected chi connectivity index (χ0v) is 12.8. The zero-order chi connectivity index (χ0) is 15.5. The van der Waals surface area contributed by atoms with Crippen LogP contribution < -0.4 is 10.5 Å². The maximum atomic E-state index is 12.2. The Balaban J connectivity index is 2.06. The predicted molar refractivity (Wildman–Crippen MR) is 77.7 cm³/mol. The van der Waals surface area contributed by atoms with Gasteiger partial charge in [-0.1, -0.05) is 0 Å². The Hall–Kier alpha value is -1.51. The number of hydrogen-bond donors (Lipinski definition) is 2. The van der Waals surface area contributed by atoms with Gasteiger partial charge in [0.25, 0.3) is 0 Å². The number of aromatic nitrogens is 1. The molecule has 0 aliphatic carbocycles. The lowest BCUT2D eigenvalue weighted by atomic mass is 10.3. The van der Waals surface area contributed by atoms with Crippen LogP contribution in [-0.4, -0.2) is 43.3 Å². The molecule has 1 fully saturated rings. The van der Waals surface area contributed by atoms with Crippen molar-refractivity contribution in [2.45, 2.75) is 37.2 Å². The van der Waals surface area contributed by atoms with E-state index in [2.05, 4.69) is 9.71 Å². The van der Waals surface area contributed by atoms with Gasteiger partial charge in [-0.25, -0.2) is 8.42 Å². The first kappa shape index (κ1) is 15.9. The van der Waals surface area contributed by atoms with Gasteiger partial charge in [-0.2, -0.15) is 4.72 Å². The highest BCUT2D eigenvalue weighted by Crippen LogP contribution is 2.12. The molecule has 0 spiro atoms. The van der Waals surface area contributed by atoms with Crippen LogP contribution >= 0.6 is 0 Å². The highest BCUT2D eigenvalue weighted by Gasteiger charge is 2.27. The van der Waals surface area contributed by atoms with E-state index in [-0.39, 0.29) is 17.3 Å². The number of nitrogens with two attached hydrogens (primary N) is 1. The van der Waals surface area contributed by atoms with E-state index in [0.717, 1.165) is 12.8 Å². The summed E-state index contributed by atoms with van der Waals surface area (Å²) in [4.78, 5) is 17.8. The minimum absolute atomic E-state index is 0.0285. The Morgan fingerprint density at radius 1 is 1.43 bits per heavy atom. The van der Waals surface area contributed by atoms with E-state index < -0.39 is 16.1 Å². The summed E-state index contributed by atoms with van der Waals surface area (Å²) in [6, 6.07) is 2.20. The summed E-state index contributed by atoms with van der Waals surface area (Å²) in [5.74, 6) is -0.192. The Morgan fingerprint density at radius 2 is 2.10 bits per heavy atom. The third-order valence-electron chi connectivity index (χ3n) is 3.44. The van der Waals surface area contributed by atoms with Gasteiger partial charge in [0.2, 0.25) is 15.9 Å². The molecule has 0 radical (unpaired) electrons. The third-order valence-corrected chi connectivity index (χ3v) is 4.96. The fourth-order valence-electron chi connectivity index (χ4n) is 2.25. The number of likely N-dealkylation sites (tertiary alicyclic amines) is 1. The number of sulfonamides is 1. The molecule has 3 N–H and O–H groups in total. The van der Waals surface area contributed by atoms with Crippen molar-refractivity contribution in [3.05, 3.63) is 24.0 Å². The monoisotopic (exact) mass is 312 g/mol. The molecule has 0 bridgehead atoms. The Labute approximate surface area is 124 Å². The summed E-state index contributed by atoms with van der Waals surface area (Å²) in [6.07, 6.45) is 3.18. The lowest BCUT2D eigenvalue weighted by molar-refractivity contribution is -0.131. The first-order chi connectivity index (χ1) is 9.94. The molecule has 1 saturated heterocycles. The summed E-state index contributed by atoms with van der Waals surface area (Å²) >= 11 is 0. The number of nitrogens with zero attached hydrogens (tertiary/aromatic N) is 2. The van der Waals surface area contributed by atoms with Crippen molar-refractivity contribution < 1.29 is 13.2 Å². The topological polar surface area (TPSA) is 105 Å². The summed E-state index contributed by atoms with van der Waals surface area (Å²) in [5.41, 5.74) is 6.03. The molecule has 8 heteroatoms. The van der Waals surface area contributed by atoms with Crippen molar-refractivity contribution in [2.24, 2.45) is 5.73 Å². The van der Waals surface area contributed by atoms with Gasteiger partial charge >= 0.3 is 0 Å². The number of amides is 1. The van der Waals surface area contributed by atoms with E-state index in [1.54, 1.807) is 17.9 Å². The van der Waals surface area contributed by atoms with Gasteiger partial charge in [0.15, 0.2) is 0 Å². The van der Waals surface area contributed by atoms with Crippen molar-refractivity contribution in [3.63, 3.8) is 0 Å². The van der Waals surface area contributed by atoms with E-state index in [1.165, 1.54) is 12.3 Å². The SMILES string of the molecule is CC(NS(=O)(=O)c1ccc(CN)nc1)C(=O)N1CCCC1. The molecule has 2 rings (SSSR count). The van der Waals surface area contributed by atoms with Crippen molar-refractivity contribution in [1.29, 1.82) is 0 Å². The summed E-state index contributed by atoms with van der Waals surface area (Å²) in [5, 5.41) is 0. The third kappa shape index (κ3) is 3.78. The average Bonchev–Trinajstić information content (AvgIpc) is 3.00. The van der Waals surface area contributed by atoms with Gasteiger partial charge in [0.1, 0.15) is 4.90 Å². The first-order valence-corrected chi connectivity index (χ1v) is 8.38. The summed E-state index contributed by atoms with van der Waals surface area (Å²) in [6.45, 7) is 3.19. The average molecular weight is 312 g/mol. The lowest BCUT2D eigenvalue weighted by Gasteiger charge is -2.21. The molecule has 1 amide bonds. The predicted octanol–water partition coefficient (Wildman–Crippen LogP) is -0.170. The molecule has 1 aliphatic rings. The van der Waals surface area contributed by atoms with Crippen LogP contribution in [0.1, 0.15) is 25.5 Å². The summed E-state index contributed by atoms with van der Waals surface area (Å²) < 4.78 is 26.8. The molecular weight excluding hydrogens is 292 g/mol. The van der Waals surface area contributed by atoms with Crippen LogP contribution in [0.2, 0.25) is 0 Å². The Morgan fingerprint density at radius 3 is 2.62 bits per heavy atom. The van der Waals surface area contributed by atoms with Crippen molar-refractivity contribution >= 4 is 15.9 Å². The Bertz CT molecular complexity index is 594. The van der Waals surface area contributed by atoms with Crippen LogP contribution in [0.4, 0.5) is 0 Å².